The second-order valence-electron chi connectivity index (χ2n) is 8.17. The molecule has 2 unspecified atom stereocenters. The van der Waals surface area contributed by atoms with Crippen molar-refractivity contribution in [1.82, 2.24) is 4.90 Å². The van der Waals surface area contributed by atoms with Crippen molar-refractivity contribution >= 4 is 23.1 Å². The molecule has 8 nitrogen and oxygen atoms in total. The van der Waals surface area contributed by atoms with Crippen LogP contribution in [0.25, 0.3) is 0 Å². The second kappa shape index (κ2) is 15.6. The van der Waals surface area contributed by atoms with Crippen LogP contribution in [0.1, 0.15) is 0 Å². The van der Waals surface area contributed by atoms with E-state index in [1.54, 1.807) is 35.5 Å². The molecular formula is C25H39BrN3O5S-. The number of anilines is 2. The molecular weight excluding hydrogens is 534 g/mol. The van der Waals surface area contributed by atoms with E-state index in [9.17, 15) is 0 Å². The Labute approximate surface area is 224 Å². The minimum atomic E-state index is 0. The highest BCUT2D eigenvalue weighted by Gasteiger charge is 2.30. The molecule has 0 amide bonds. The van der Waals surface area contributed by atoms with Crippen LogP contribution in [-0.2, 0) is 18.9 Å². The van der Waals surface area contributed by atoms with E-state index in [4.69, 9.17) is 23.7 Å². The fourth-order valence-corrected chi connectivity index (χ4v) is 5.34. The number of thioether (sulfide) groups is 1. The lowest BCUT2D eigenvalue weighted by molar-refractivity contribution is -0.00000870. The van der Waals surface area contributed by atoms with Crippen molar-refractivity contribution in [2.75, 3.05) is 98.4 Å². The van der Waals surface area contributed by atoms with Gasteiger partial charge in [0.2, 0.25) is 0 Å². The summed E-state index contributed by atoms with van der Waals surface area (Å²) >= 11 is 1.88. The summed E-state index contributed by atoms with van der Waals surface area (Å²) in [5.41, 5.74) is 3.37. The average Bonchev–Trinajstić information content (AvgIpc) is 2.86. The SMILES string of the molecule is COCCN(CCOC)C1=CC2Sc3cc(N(CCOC)CCOC)c(OC)cc3NC2C=C1.[Br-]. The summed E-state index contributed by atoms with van der Waals surface area (Å²) in [7, 11) is 8.64. The normalized spacial score (nSPS) is 18.0. The zero-order chi connectivity index (χ0) is 24.3. The molecule has 0 fully saturated rings. The van der Waals surface area contributed by atoms with Crippen LogP contribution in [0.15, 0.2) is 41.0 Å². The highest BCUT2D eigenvalue weighted by Crippen LogP contribution is 2.46. The van der Waals surface area contributed by atoms with Gasteiger partial charge in [-0.25, -0.2) is 0 Å². The van der Waals surface area contributed by atoms with Crippen molar-refractivity contribution in [1.29, 1.82) is 0 Å². The van der Waals surface area contributed by atoms with Crippen LogP contribution < -0.4 is 31.9 Å². The van der Waals surface area contributed by atoms with E-state index in [-0.39, 0.29) is 28.3 Å². The van der Waals surface area contributed by atoms with E-state index in [0.29, 0.717) is 26.4 Å². The Morgan fingerprint density at radius 3 is 1.94 bits per heavy atom. The number of methoxy groups -OCH3 is 5. The highest BCUT2D eigenvalue weighted by atomic mass is 79.9. The van der Waals surface area contributed by atoms with Gasteiger partial charge in [0.1, 0.15) is 5.75 Å². The van der Waals surface area contributed by atoms with Gasteiger partial charge in [0, 0.05) is 71.3 Å². The number of hydrogen-bond acceptors (Lipinski definition) is 9. The van der Waals surface area contributed by atoms with Crippen molar-refractivity contribution in [3.8, 4) is 5.75 Å². The van der Waals surface area contributed by atoms with Gasteiger partial charge in [0.25, 0.3) is 0 Å². The Balaban J connectivity index is 0.00000432. The fraction of sp³-hybridized carbons (Fsp3) is 0.600. The van der Waals surface area contributed by atoms with Crippen molar-refractivity contribution in [3.05, 3.63) is 36.1 Å². The Morgan fingerprint density at radius 1 is 0.829 bits per heavy atom. The fourth-order valence-electron chi connectivity index (χ4n) is 4.11. The van der Waals surface area contributed by atoms with Crippen LogP contribution in [0, 0.1) is 0 Å². The molecule has 0 radical (unpaired) electrons. The largest absolute Gasteiger partial charge is 1.00 e. The van der Waals surface area contributed by atoms with Crippen molar-refractivity contribution in [3.63, 3.8) is 0 Å². The molecule has 35 heavy (non-hydrogen) atoms. The smallest absolute Gasteiger partial charge is 0.144 e. The van der Waals surface area contributed by atoms with Crippen molar-refractivity contribution in [2.24, 2.45) is 0 Å². The number of nitrogens with zero attached hydrogens (tertiary/aromatic N) is 2. The molecule has 0 aromatic heterocycles. The molecule has 0 saturated heterocycles. The van der Waals surface area contributed by atoms with Gasteiger partial charge in [0.15, 0.2) is 0 Å². The molecule has 2 atom stereocenters. The Hall–Kier alpha value is -1.43. The first-order valence-corrected chi connectivity index (χ1v) is 12.5. The summed E-state index contributed by atoms with van der Waals surface area (Å²) in [5, 5.41) is 3.99. The predicted molar refractivity (Wildman–Crippen MR) is 139 cm³/mol. The lowest BCUT2D eigenvalue weighted by atomic mass is 10.0. The highest BCUT2D eigenvalue weighted by molar-refractivity contribution is 8.00. The summed E-state index contributed by atoms with van der Waals surface area (Å²) < 4.78 is 27.1. The topological polar surface area (TPSA) is 64.7 Å². The maximum Gasteiger partial charge on any atom is 0.144 e. The van der Waals surface area contributed by atoms with E-state index in [1.807, 2.05) is 11.8 Å². The van der Waals surface area contributed by atoms with Crippen molar-refractivity contribution < 1.29 is 40.7 Å². The number of nitrogens with one attached hydrogen (secondary N) is 1. The van der Waals surface area contributed by atoms with Gasteiger partial charge < -0.3 is 55.8 Å². The summed E-state index contributed by atoms with van der Waals surface area (Å²) in [6.07, 6.45) is 6.81. The van der Waals surface area contributed by atoms with Crippen LogP contribution in [-0.4, -0.2) is 104 Å². The summed E-state index contributed by atoms with van der Waals surface area (Å²) in [6, 6.07) is 4.56. The molecule has 1 aromatic carbocycles. The first kappa shape index (κ1) is 29.8. The maximum atomic E-state index is 5.78. The van der Waals surface area contributed by atoms with E-state index in [2.05, 4.69) is 45.5 Å². The molecule has 2 aliphatic rings. The van der Waals surface area contributed by atoms with E-state index in [0.717, 1.165) is 43.3 Å². The third kappa shape index (κ3) is 8.03. The Morgan fingerprint density at radius 2 is 1.40 bits per heavy atom. The number of halogens is 1. The Bertz CT molecular complexity index is 826. The molecule has 1 aromatic rings. The standard InChI is InChI=1S/C25H39N3O5S.BrH/c1-29-12-8-27(9-13-30-2)19-6-7-20-24(16-19)34-25-18-22(23(33-5)17-21(25)26-20)28(10-14-31-3)11-15-32-4;/h6-7,16-18,20,24,26H,8-15H2,1-5H3;1H/p-1. The zero-order valence-electron chi connectivity index (χ0n) is 21.4. The molecule has 198 valence electrons. The van der Waals surface area contributed by atoms with Crippen LogP contribution in [0.5, 0.6) is 5.75 Å². The number of fused-ring (bicyclic) bond motifs is 2. The van der Waals surface area contributed by atoms with Crippen LogP contribution >= 0.6 is 11.8 Å². The number of rotatable bonds is 15. The van der Waals surface area contributed by atoms with Gasteiger partial charge in [-0.1, -0.05) is 6.08 Å². The first-order chi connectivity index (χ1) is 16.6. The molecule has 0 bridgehead atoms. The third-order valence-electron chi connectivity index (χ3n) is 6.00. The predicted octanol–water partition coefficient (Wildman–Crippen LogP) is 0.102. The minimum Gasteiger partial charge on any atom is -1.00 e. The van der Waals surface area contributed by atoms with Gasteiger partial charge in [-0.05, 0) is 18.2 Å². The molecule has 1 aliphatic carbocycles. The summed E-state index contributed by atoms with van der Waals surface area (Å²) in [4.78, 5) is 5.80. The van der Waals surface area contributed by atoms with Gasteiger partial charge in [-0.2, -0.15) is 0 Å². The molecule has 3 rings (SSSR count). The maximum absolute atomic E-state index is 5.78. The molecule has 0 saturated carbocycles. The van der Waals surface area contributed by atoms with Crippen LogP contribution in [0.2, 0.25) is 0 Å². The van der Waals surface area contributed by atoms with E-state index < -0.39 is 0 Å². The lowest BCUT2D eigenvalue weighted by Gasteiger charge is -2.37. The van der Waals surface area contributed by atoms with Gasteiger partial charge in [-0.3, -0.25) is 0 Å². The molecule has 0 spiro atoms. The average molecular weight is 574 g/mol. The third-order valence-corrected chi connectivity index (χ3v) is 7.29. The molecule has 1 heterocycles. The first-order valence-electron chi connectivity index (χ1n) is 11.7. The van der Waals surface area contributed by atoms with Gasteiger partial charge >= 0.3 is 0 Å². The van der Waals surface area contributed by atoms with Gasteiger partial charge in [0.05, 0.1) is 56.2 Å². The number of ether oxygens (including phenoxy) is 5. The lowest BCUT2D eigenvalue weighted by Crippen LogP contribution is -3.00. The summed E-state index contributed by atoms with van der Waals surface area (Å²) in [6.45, 7) is 5.82. The quantitative estimate of drug-likeness (QED) is 0.315. The number of allylic oxidation sites excluding steroid dienone is 1. The van der Waals surface area contributed by atoms with Crippen LogP contribution in [0.4, 0.5) is 11.4 Å². The van der Waals surface area contributed by atoms with E-state index in [1.165, 1.54) is 10.6 Å². The Kier molecular flexibility index (Phi) is 13.3. The molecule has 1 aliphatic heterocycles. The van der Waals surface area contributed by atoms with E-state index >= 15 is 0 Å². The van der Waals surface area contributed by atoms with Crippen molar-refractivity contribution in [2.45, 2.75) is 16.2 Å². The van der Waals surface area contributed by atoms with Crippen LogP contribution in [0.3, 0.4) is 0 Å². The monoisotopic (exact) mass is 572 g/mol. The number of benzene rings is 1. The molecule has 10 heteroatoms. The molecule has 1 N–H and O–H groups in total. The zero-order valence-corrected chi connectivity index (χ0v) is 23.8. The van der Waals surface area contributed by atoms with Gasteiger partial charge in [-0.15, -0.1) is 11.8 Å². The second-order valence-corrected chi connectivity index (χ2v) is 9.39. The summed E-state index contributed by atoms with van der Waals surface area (Å²) in [5.74, 6) is 0.846. The minimum absolute atomic E-state index is 0. The number of hydrogen-bond donors (Lipinski definition) is 1.